The number of ether oxygens (including phenoxy) is 2. The van der Waals surface area contributed by atoms with Gasteiger partial charge in [0.1, 0.15) is 18.9 Å². The Kier molecular flexibility index (Phi) is 4.06. The van der Waals surface area contributed by atoms with Crippen molar-refractivity contribution in [2.75, 3.05) is 13.2 Å². The van der Waals surface area contributed by atoms with E-state index in [-0.39, 0.29) is 5.91 Å². The summed E-state index contributed by atoms with van der Waals surface area (Å²) in [6.07, 6.45) is 1.59. The minimum absolute atomic E-state index is 0.225. The molecule has 2 heterocycles. The van der Waals surface area contributed by atoms with E-state index < -0.39 is 0 Å². The van der Waals surface area contributed by atoms with Crippen molar-refractivity contribution in [3.8, 4) is 11.5 Å². The van der Waals surface area contributed by atoms with Gasteiger partial charge in [-0.15, -0.1) is 0 Å². The molecule has 0 atom stereocenters. The van der Waals surface area contributed by atoms with Crippen LogP contribution in [0.15, 0.2) is 41.0 Å². The third-order valence-corrected chi connectivity index (χ3v) is 3.67. The number of benzene rings is 1. The predicted octanol–water partition coefficient (Wildman–Crippen LogP) is 2.55. The molecular formula is C15H13BrN2O3. The number of nitrogens with one attached hydrogen (secondary N) is 1. The average molecular weight is 349 g/mol. The molecule has 0 fully saturated rings. The van der Waals surface area contributed by atoms with Gasteiger partial charge in [0, 0.05) is 17.2 Å². The summed E-state index contributed by atoms with van der Waals surface area (Å²) in [6, 6.07) is 9.18. The molecule has 6 heteroatoms. The van der Waals surface area contributed by atoms with Gasteiger partial charge in [-0.1, -0.05) is 6.07 Å². The Balaban J connectivity index is 1.68. The minimum Gasteiger partial charge on any atom is -0.486 e. The van der Waals surface area contributed by atoms with Crippen LogP contribution in [0, 0.1) is 0 Å². The van der Waals surface area contributed by atoms with Gasteiger partial charge in [-0.05, 0) is 45.8 Å². The quantitative estimate of drug-likeness (QED) is 0.925. The maximum atomic E-state index is 12.1. The van der Waals surface area contributed by atoms with Crippen LogP contribution < -0.4 is 14.8 Å². The summed E-state index contributed by atoms with van der Waals surface area (Å²) in [7, 11) is 0. The summed E-state index contributed by atoms with van der Waals surface area (Å²) >= 11 is 3.31. The van der Waals surface area contributed by atoms with Crippen LogP contribution in [0.3, 0.4) is 0 Å². The first-order chi connectivity index (χ1) is 10.2. The summed E-state index contributed by atoms with van der Waals surface area (Å²) in [4.78, 5) is 16.1. The van der Waals surface area contributed by atoms with Gasteiger partial charge in [-0.3, -0.25) is 4.79 Å². The number of pyridine rings is 1. The van der Waals surface area contributed by atoms with Crippen molar-refractivity contribution in [1.82, 2.24) is 10.3 Å². The van der Waals surface area contributed by atoms with Gasteiger partial charge in [0.25, 0.3) is 5.91 Å². The summed E-state index contributed by atoms with van der Waals surface area (Å²) in [5, 5.41) is 2.84. The first-order valence-corrected chi connectivity index (χ1v) is 7.30. The van der Waals surface area contributed by atoms with Crippen molar-refractivity contribution in [3.05, 3.63) is 52.3 Å². The van der Waals surface area contributed by atoms with Gasteiger partial charge in [0.15, 0.2) is 11.5 Å². The molecule has 21 heavy (non-hydrogen) atoms. The van der Waals surface area contributed by atoms with Crippen molar-refractivity contribution in [2.45, 2.75) is 6.54 Å². The molecule has 0 radical (unpaired) electrons. The highest BCUT2D eigenvalue weighted by Gasteiger charge is 2.13. The van der Waals surface area contributed by atoms with Crippen LogP contribution in [0.2, 0.25) is 0 Å². The second-order valence-electron chi connectivity index (χ2n) is 4.49. The third kappa shape index (κ3) is 3.16. The average Bonchev–Trinajstić information content (AvgIpc) is 2.53. The molecule has 108 valence electrons. The first kappa shape index (κ1) is 13.9. The predicted molar refractivity (Wildman–Crippen MR) is 80.5 cm³/mol. The number of carbonyl (C=O) groups excluding carboxylic acids is 1. The van der Waals surface area contributed by atoms with E-state index in [2.05, 4.69) is 26.2 Å². The van der Waals surface area contributed by atoms with Gasteiger partial charge >= 0.3 is 0 Å². The van der Waals surface area contributed by atoms with Crippen molar-refractivity contribution in [2.24, 2.45) is 0 Å². The van der Waals surface area contributed by atoms with Gasteiger partial charge in [-0.2, -0.15) is 0 Å². The SMILES string of the molecule is O=C(NCc1ccc2c(c1)OCCO2)c1ncccc1Br. The van der Waals surface area contributed by atoms with Crippen LogP contribution >= 0.6 is 15.9 Å². The molecule has 1 aliphatic rings. The largest absolute Gasteiger partial charge is 0.486 e. The molecule has 3 rings (SSSR count). The highest BCUT2D eigenvalue weighted by molar-refractivity contribution is 9.10. The third-order valence-electron chi connectivity index (χ3n) is 3.03. The van der Waals surface area contributed by atoms with E-state index in [1.807, 2.05) is 18.2 Å². The zero-order chi connectivity index (χ0) is 14.7. The number of aromatic nitrogens is 1. The van der Waals surface area contributed by atoms with Crippen molar-refractivity contribution >= 4 is 21.8 Å². The number of nitrogens with zero attached hydrogens (tertiary/aromatic N) is 1. The topological polar surface area (TPSA) is 60.5 Å². The summed E-state index contributed by atoms with van der Waals surface area (Å²) < 4.78 is 11.6. The molecule has 0 bridgehead atoms. The molecule has 1 aromatic carbocycles. The maximum Gasteiger partial charge on any atom is 0.271 e. The number of hydrogen-bond acceptors (Lipinski definition) is 4. The Morgan fingerprint density at radius 1 is 1.24 bits per heavy atom. The highest BCUT2D eigenvalue weighted by Crippen LogP contribution is 2.30. The van der Waals surface area contributed by atoms with Gasteiger partial charge < -0.3 is 14.8 Å². The molecule has 0 saturated heterocycles. The lowest BCUT2D eigenvalue weighted by Gasteiger charge is -2.19. The Labute approximate surface area is 130 Å². The molecule has 1 aliphatic heterocycles. The molecule has 1 amide bonds. The van der Waals surface area contributed by atoms with E-state index in [1.54, 1.807) is 18.3 Å². The molecule has 0 aliphatic carbocycles. The fraction of sp³-hybridized carbons (Fsp3) is 0.200. The van der Waals surface area contributed by atoms with Gasteiger partial charge in [-0.25, -0.2) is 4.98 Å². The number of carbonyl (C=O) groups is 1. The van der Waals surface area contributed by atoms with Crippen molar-refractivity contribution in [3.63, 3.8) is 0 Å². The molecule has 1 aromatic heterocycles. The normalized spacial score (nSPS) is 12.8. The Morgan fingerprint density at radius 3 is 2.86 bits per heavy atom. The fourth-order valence-electron chi connectivity index (χ4n) is 2.02. The fourth-order valence-corrected chi connectivity index (χ4v) is 2.45. The zero-order valence-corrected chi connectivity index (χ0v) is 12.7. The monoisotopic (exact) mass is 348 g/mol. The lowest BCUT2D eigenvalue weighted by atomic mass is 10.2. The maximum absolute atomic E-state index is 12.1. The van der Waals surface area contributed by atoms with Crippen LogP contribution in [-0.2, 0) is 6.54 Å². The van der Waals surface area contributed by atoms with E-state index in [4.69, 9.17) is 9.47 Å². The number of hydrogen-bond donors (Lipinski definition) is 1. The first-order valence-electron chi connectivity index (χ1n) is 6.51. The smallest absolute Gasteiger partial charge is 0.271 e. The number of halogens is 1. The lowest BCUT2D eigenvalue weighted by molar-refractivity contribution is 0.0945. The van der Waals surface area contributed by atoms with E-state index >= 15 is 0 Å². The van der Waals surface area contributed by atoms with Crippen LogP contribution in [0.4, 0.5) is 0 Å². The number of amides is 1. The van der Waals surface area contributed by atoms with Crippen LogP contribution in [0.5, 0.6) is 11.5 Å². The molecule has 1 N–H and O–H groups in total. The van der Waals surface area contributed by atoms with Gasteiger partial charge in [0.2, 0.25) is 0 Å². The second kappa shape index (κ2) is 6.13. The van der Waals surface area contributed by atoms with E-state index in [9.17, 15) is 4.79 Å². The Hall–Kier alpha value is -2.08. The molecule has 5 nitrogen and oxygen atoms in total. The van der Waals surface area contributed by atoms with Crippen LogP contribution in [0.25, 0.3) is 0 Å². The molecule has 0 unspecified atom stereocenters. The number of fused-ring (bicyclic) bond motifs is 1. The van der Waals surface area contributed by atoms with E-state index in [0.29, 0.717) is 35.7 Å². The Bertz CT molecular complexity index is 676. The van der Waals surface area contributed by atoms with Gasteiger partial charge in [0.05, 0.1) is 0 Å². The summed E-state index contributed by atoms with van der Waals surface area (Å²) in [5.74, 6) is 1.23. The summed E-state index contributed by atoms with van der Waals surface area (Å²) in [6.45, 7) is 1.51. The van der Waals surface area contributed by atoms with Crippen molar-refractivity contribution < 1.29 is 14.3 Å². The van der Waals surface area contributed by atoms with Crippen LogP contribution in [0.1, 0.15) is 16.1 Å². The Morgan fingerprint density at radius 2 is 2.05 bits per heavy atom. The number of rotatable bonds is 3. The highest BCUT2D eigenvalue weighted by atomic mass is 79.9. The van der Waals surface area contributed by atoms with E-state index in [0.717, 1.165) is 11.3 Å². The molecular weight excluding hydrogens is 336 g/mol. The second-order valence-corrected chi connectivity index (χ2v) is 5.35. The standard InChI is InChI=1S/C15H13BrN2O3/c16-11-2-1-5-17-14(11)15(19)18-9-10-3-4-12-13(8-10)21-7-6-20-12/h1-5,8H,6-7,9H2,(H,18,19). The van der Waals surface area contributed by atoms with Crippen molar-refractivity contribution in [1.29, 1.82) is 0 Å². The molecule has 0 spiro atoms. The van der Waals surface area contributed by atoms with E-state index in [1.165, 1.54) is 0 Å². The lowest BCUT2D eigenvalue weighted by Crippen LogP contribution is -2.24. The zero-order valence-electron chi connectivity index (χ0n) is 11.1. The molecule has 0 saturated carbocycles. The minimum atomic E-state index is -0.225. The van der Waals surface area contributed by atoms with Crippen LogP contribution in [-0.4, -0.2) is 24.1 Å². The summed E-state index contributed by atoms with van der Waals surface area (Å²) in [5.41, 5.74) is 1.31. The molecule has 2 aromatic rings.